The molecule has 0 saturated carbocycles. The van der Waals surface area contributed by atoms with E-state index in [4.69, 9.17) is 0 Å². The van der Waals surface area contributed by atoms with Gasteiger partial charge >= 0.3 is 0 Å². The Balaban J connectivity index is 2.14. The number of anilines is 1. The molecule has 0 bridgehead atoms. The Bertz CT molecular complexity index is 573. The zero-order valence-corrected chi connectivity index (χ0v) is 11.2. The Morgan fingerprint density at radius 1 is 1.28 bits per heavy atom. The first kappa shape index (κ1) is 12.6. The van der Waals surface area contributed by atoms with E-state index in [1.165, 1.54) is 0 Å². The van der Waals surface area contributed by atoms with Crippen molar-refractivity contribution >= 4 is 5.69 Å². The van der Waals surface area contributed by atoms with Crippen LogP contribution in [-0.4, -0.2) is 9.78 Å². The van der Waals surface area contributed by atoms with E-state index >= 15 is 0 Å². The molecule has 0 atom stereocenters. The molecule has 0 unspecified atom stereocenters. The maximum Gasteiger partial charge on any atom is 0.126 e. The molecule has 0 aliphatic heterocycles. The minimum absolute atomic E-state index is 0.158. The van der Waals surface area contributed by atoms with E-state index in [0.29, 0.717) is 12.1 Å². The molecule has 0 amide bonds. The Labute approximate surface area is 107 Å². The molecular weight excluding hydrogens is 229 g/mol. The van der Waals surface area contributed by atoms with Crippen molar-refractivity contribution in [3.05, 3.63) is 46.5 Å². The van der Waals surface area contributed by atoms with Crippen LogP contribution < -0.4 is 5.32 Å². The highest BCUT2D eigenvalue weighted by Crippen LogP contribution is 2.19. The first-order valence-electron chi connectivity index (χ1n) is 5.98. The van der Waals surface area contributed by atoms with Crippen molar-refractivity contribution in [2.45, 2.75) is 27.3 Å². The number of hydrogen-bond acceptors (Lipinski definition) is 2. The summed E-state index contributed by atoms with van der Waals surface area (Å²) >= 11 is 0. The lowest BCUT2D eigenvalue weighted by molar-refractivity contribution is 0.616. The standard InChI is InChI=1S/C14H18FN3/c1-9-5-6-12(7-13(9)15)8-16-14-10(2)17-18(4)11(14)3/h5-7,16H,8H2,1-4H3. The molecular formula is C14H18FN3. The SMILES string of the molecule is Cc1ccc(CNc2c(C)nn(C)c2C)cc1F. The average molecular weight is 247 g/mol. The van der Waals surface area contributed by atoms with Crippen molar-refractivity contribution in [2.24, 2.45) is 7.05 Å². The van der Waals surface area contributed by atoms with E-state index in [-0.39, 0.29) is 5.82 Å². The van der Waals surface area contributed by atoms with Gasteiger partial charge in [-0.05, 0) is 38.0 Å². The summed E-state index contributed by atoms with van der Waals surface area (Å²) in [7, 11) is 1.92. The molecule has 1 aromatic carbocycles. The molecule has 3 nitrogen and oxygen atoms in total. The van der Waals surface area contributed by atoms with Crippen molar-refractivity contribution in [1.82, 2.24) is 9.78 Å². The summed E-state index contributed by atoms with van der Waals surface area (Å²) in [4.78, 5) is 0. The van der Waals surface area contributed by atoms with Gasteiger partial charge in [0.1, 0.15) is 5.82 Å². The summed E-state index contributed by atoms with van der Waals surface area (Å²) in [5, 5.41) is 7.65. The first-order valence-corrected chi connectivity index (χ1v) is 5.98. The summed E-state index contributed by atoms with van der Waals surface area (Å²) in [6.45, 7) is 6.34. The molecule has 0 aliphatic carbocycles. The van der Waals surface area contributed by atoms with Gasteiger partial charge in [0.05, 0.1) is 17.1 Å². The summed E-state index contributed by atoms with van der Waals surface area (Å²) in [5.41, 5.74) is 4.68. The van der Waals surface area contributed by atoms with E-state index in [9.17, 15) is 4.39 Å². The molecule has 0 spiro atoms. The summed E-state index contributed by atoms with van der Waals surface area (Å²) in [5.74, 6) is -0.158. The van der Waals surface area contributed by atoms with Crippen molar-refractivity contribution in [3.8, 4) is 0 Å². The number of benzene rings is 1. The minimum Gasteiger partial charge on any atom is -0.378 e. The van der Waals surface area contributed by atoms with Crippen LogP contribution in [0.4, 0.5) is 10.1 Å². The fourth-order valence-corrected chi connectivity index (χ4v) is 1.97. The lowest BCUT2D eigenvalue weighted by atomic mass is 10.1. The summed E-state index contributed by atoms with van der Waals surface area (Å²) in [6.07, 6.45) is 0. The van der Waals surface area contributed by atoms with E-state index in [2.05, 4.69) is 10.4 Å². The first-order chi connectivity index (χ1) is 8.49. The number of hydrogen-bond donors (Lipinski definition) is 1. The number of rotatable bonds is 3. The monoisotopic (exact) mass is 247 g/mol. The molecule has 1 heterocycles. The average Bonchev–Trinajstić information content (AvgIpc) is 2.56. The quantitative estimate of drug-likeness (QED) is 0.903. The number of aromatic nitrogens is 2. The zero-order chi connectivity index (χ0) is 13.3. The van der Waals surface area contributed by atoms with Crippen molar-refractivity contribution < 1.29 is 4.39 Å². The lowest BCUT2D eigenvalue weighted by Gasteiger charge is -2.08. The molecule has 96 valence electrons. The molecule has 1 aromatic heterocycles. The second kappa shape index (κ2) is 4.80. The van der Waals surface area contributed by atoms with Crippen LogP contribution in [0.15, 0.2) is 18.2 Å². The largest absolute Gasteiger partial charge is 0.378 e. The second-order valence-electron chi connectivity index (χ2n) is 4.61. The molecule has 0 fully saturated rings. The molecule has 1 N–H and O–H groups in total. The molecule has 18 heavy (non-hydrogen) atoms. The maximum absolute atomic E-state index is 13.4. The molecule has 0 radical (unpaired) electrons. The minimum atomic E-state index is -0.158. The van der Waals surface area contributed by atoms with Crippen molar-refractivity contribution in [2.75, 3.05) is 5.32 Å². The van der Waals surface area contributed by atoms with Gasteiger partial charge in [-0.15, -0.1) is 0 Å². The van der Waals surface area contributed by atoms with E-state index in [1.54, 1.807) is 19.1 Å². The van der Waals surface area contributed by atoms with Crippen LogP contribution in [0.2, 0.25) is 0 Å². The van der Waals surface area contributed by atoms with Gasteiger partial charge in [-0.3, -0.25) is 4.68 Å². The van der Waals surface area contributed by atoms with Crippen LogP contribution in [0, 0.1) is 26.6 Å². The number of aryl methyl sites for hydroxylation is 3. The normalized spacial score (nSPS) is 10.7. The van der Waals surface area contributed by atoms with Crippen LogP contribution in [0.25, 0.3) is 0 Å². The van der Waals surface area contributed by atoms with Crippen LogP contribution >= 0.6 is 0 Å². The highest BCUT2D eigenvalue weighted by Gasteiger charge is 2.08. The third kappa shape index (κ3) is 2.37. The van der Waals surface area contributed by atoms with E-state index in [0.717, 1.165) is 22.6 Å². The van der Waals surface area contributed by atoms with Gasteiger partial charge in [-0.25, -0.2) is 4.39 Å². The van der Waals surface area contributed by atoms with Gasteiger partial charge < -0.3 is 5.32 Å². The molecule has 0 saturated heterocycles. The number of nitrogens with one attached hydrogen (secondary N) is 1. The van der Waals surface area contributed by atoms with Crippen LogP contribution in [0.3, 0.4) is 0 Å². The van der Waals surface area contributed by atoms with E-state index in [1.807, 2.05) is 31.6 Å². The molecule has 2 rings (SSSR count). The fraction of sp³-hybridized carbons (Fsp3) is 0.357. The lowest BCUT2D eigenvalue weighted by Crippen LogP contribution is -2.02. The van der Waals surface area contributed by atoms with Crippen LogP contribution in [0.1, 0.15) is 22.5 Å². The van der Waals surface area contributed by atoms with Crippen molar-refractivity contribution in [3.63, 3.8) is 0 Å². The Morgan fingerprint density at radius 2 is 2.00 bits per heavy atom. The molecule has 0 aliphatic rings. The fourth-order valence-electron chi connectivity index (χ4n) is 1.97. The number of halogens is 1. The third-order valence-corrected chi connectivity index (χ3v) is 3.21. The van der Waals surface area contributed by atoms with Crippen LogP contribution in [0.5, 0.6) is 0 Å². The summed E-state index contributed by atoms with van der Waals surface area (Å²) in [6, 6.07) is 5.31. The van der Waals surface area contributed by atoms with Crippen LogP contribution in [-0.2, 0) is 13.6 Å². The smallest absolute Gasteiger partial charge is 0.126 e. The second-order valence-corrected chi connectivity index (χ2v) is 4.61. The Kier molecular flexibility index (Phi) is 3.36. The van der Waals surface area contributed by atoms with Gasteiger partial charge in [0.25, 0.3) is 0 Å². The maximum atomic E-state index is 13.4. The highest BCUT2D eigenvalue weighted by atomic mass is 19.1. The zero-order valence-electron chi connectivity index (χ0n) is 11.2. The van der Waals surface area contributed by atoms with Gasteiger partial charge in [-0.2, -0.15) is 5.10 Å². The number of nitrogens with zero attached hydrogens (tertiary/aromatic N) is 2. The van der Waals surface area contributed by atoms with Gasteiger partial charge in [0, 0.05) is 13.6 Å². The summed E-state index contributed by atoms with van der Waals surface area (Å²) < 4.78 is 15.3. The predicted octanol–water partition coefficient (Wildman–Crippen LogP) is 3.10. The third-order valence-electron chi connectivity index (χ3n) is 3.21. The predicted molar refractivity (Wildman–Crippen MR) is 71.1 cm³/mol. The molecule has 4 heteroatoms. The van der Waals surface area contributed by atoms with Crippen molar-refractivity contribution in [1.29, 1.82) is 0 Å². The van der Waals surface area contributed by atoms with Gasteiger partial charge in [0.15, 0.2) is 0 Å². The Hall–Kier alpha value is -1.84. The van der Waals surface area contributed by atoms with E-state index < -0.39 is 0 Å². The highest BCUT2D eigenvalue weighted by molar-refractivity contribution is 5.52. The topological polar surface area (TPSA) is 29.9 Å². The van der Waals surface area contributed by atoms with Gasteiger partial charge in [0.2, 0.25) is 0 Å². The molecule has 2 aromatic rings. The van der Waals surface area contributed by atoms with Gasteiger partial charge in [-0.1, -0.05) is 12.1 Å². The Morgan fingerprint density at radius 3 is 2.56 bits per heavy atom.